The number of rotatable bonds is 1. The highest BCUT2D eigenvalue weighted by Gasteiger charge is 2.12. The number of amides is 2. The van der Waals surface area contributed by atoms with Gasteiger partial charge in [-0.25, -0.2) is 4.79 Å². The van der Waals surface area contributed by atoms with Gasteiger partial charge in [-0.1, -0.05) is 35.6 Å². The van der Waals surface area contributed by atoms with Gasteiger partial charge in [0.05, 0.1) is 11.6 Å². The smallest absolute Gasteiger partial charge is 0.315 e. The van der Waals surface area contributed by atoms with Crippen molar-refractivity contribution in [1.82, 2.24) is 10.6 Å². The van der Waals surface area contributed by atoms with Crippen LogP contribution in [0.2, 0.25) is 5.02 Å². The zero-order valence-electron chi connectivity index (χ0n) is 10.8. The molecule has 0 aliphatic carbocycles. The number of halogens is 1. The van der Waals surface area contributed by atoms with E-state index in [1.807, 2.05) is 39.0 Å². The molecule has 0 unspecified atom stereocenters. The summed E-state index contributed by atoms with van der Waals surface area (Å²) < 4.78 is 0. The molecule has 0 bridgehead atoms. The number of carbonyl (C=O) groups is 1. The van der Waals surface area contributed by atoms with Crippen molar-refractivity contribution >= 4 is 17.6 Å². The fourth-order valence-corrected chi connectivity index (χ4v) is 1.39. The molecule has 3 nitrogen and oxygen atoms in total. The molecule has 0 spiro atoms. The van der Waals surface area contributed by atoms with E-state index in [9.17, 15) is 4.79 Å². The van der Waals surface area contributed by atoms with E-state index in [-0.39, 0.29) is 18.1 Å². The minimum Gasteiger partial charge on any atom is -0.334 e. The molecule has 4 heteroatoms. The van der Waals surface area contributed by atoms with Gasteiger partial charge < -0.3 is 10.6 Å². The Balaban J connectivity index is 2.44. The third-order valence-electron chi connectivity index (χ3n) is 1.92. The molecule has 0 atom stereocenters. The first-order chi connectivity index (χ1) is 8.38. The quantitative estimate of drug-likeness (QED) is 0.753. The van der Waals surface area contributed by atoms with Gasteiger partial charge in [0.25, 0.3) is 0 Å². The maximum Gasteiger partial charge on any atom is 0.315 e. The first-order valence-corrected chi connectivity index (χ1v) is 6.06. The van der Waals surface area contributed by atoms with Crippen molar-refractivity contribution < 1.29 is 4.79 Å². The summed E-state index contributed by atoms with van der Waals surface area (Å²) in [5.74, 6) is 5.76. The van der Waals surface area contributed by atoms with E-state index in [1.54, 1.807) is 6.07 Å². The van der Waals surface area contributed by atoms with E-state index in [4.69, 9.17) is 11.6 Å². The van der Waals surface area contributed by atoms with Crippen LogP contribution in [-0.2, 0) is 0 Å². The monoisotopic (exact) mass is 264 g/mol. The molecule has 0 aliphatic rings. The van der Waals surface area contributed by atoms with Gasteiger partial charge in [-0.2, -0.15) is 0 Å². The lowest BCUT2D eigenvalue weighted by Crippen LogP contribution is -2.46. The van der Waals surface area contributed by atoms with Crippen molar-refractivity contribution in [1.29, 1.82) is 0 Å². The number of hydrogen-bond donors (Lipinski definition) is 2. The van der Waals surface area contributed by atoms with Gasteiger partial charge in [0.15, 0.2) is 0 Å². The Morgan fingerprint density at radius 2 is 2.00 bits per heavy atom. The van der Waals surface area contributed by atoms with Crippen LogP contribution < -0.4 is 10.6 Å². The minimum absolute atomic E-state index is 0.226. The molecule has 1 aromatic carbocycles. The summed E-state index contributed by atoms with van der Waals surface area (Å²) in [5, 5.41) is 6.06. The van der Waals surface area contributed by atoms with E-state index in [2.05, 4.69) is 22.5 Å². The standard InChI is InChI=1S/C14H17ClN2O/c1-14(2,3)17-13(18)16-10-6-8-11-7-4-5-9-12(11)15/h4-5,7,9H,10H2,1-3H3,(H2,16,17,18). The molecule has 0 saturated carbocycles. The molecule has 0 aromatic heterocycles. The van der Waals surface area contributed by atoms with Gasteiger partial charge in [0, 0.05) is 11.1 Å². The Morgan fingerprint density at radius 3 is 2.61 bits per heavy atom. The molecule has 18 heavy (non-hydrogen) atoms. The molecule has 0 radical (unpaired) electrons. The molecule has 1 rings (SSSR count). The maximum absolute atomic E-state index is 11.4. The van der Waals surface area contributed by atoms with Crippen molar-refractivity contribution in [3.05, 3.63) is 34.9 Å². The topological polar surface area (TPSA) is 41.1 Å². The fourth-order valence-electron chi connectivity index (χ4n) is 1.21. The third-order valence-corrected chi connectivity index (χ3v) is 2.25. The van der Waals surface area contributed by atoms with Crippen molar-refractivity contribution in [2.75, 3.05) is 6.54 Å². The summed E-state index contributed by atoms with van der Waals surface area (Å²) in [5.41, 5.74) is 0.512. The highest BCUT2D eigenvalue weighted by Crippen LogP contribution is 2.12. The van der Waals surface area contributed by atoms with Crippen LogP contribution in [0.5, 0.6) is 0 Å². The van der Waals surface area contributed by atoms with Gasteiger partial charge in [0.1, 0.15) is 0 Å². The molecule has 2 N–H and O–H groups in total. The molecule has 0 fully saturated rings. The Kier molecular flexibility index (Phi) is 5.06. The van der Waals surface area contributed by atoms with Crippen LogP contribution in [0.1, 0.15) is 26.3 Å². The number of nitrogens with one attached hydrogen (secondary N) is 2. The molecule has 0 saturated heterocycles. The molecule has 0 heterocycles. The van der Waals surface area contributed by atoms with E-state index in [0.717, 1.165) is 5.56 Å². The lowest BCUT2D eigenvalue weighted by molar-refractivity contribution is 0.233. The largest absolute Gasteiger partial charge is 0.334 e. The normalized spacial score (nSPS) is 10.2. The second-order valence-electron chi connectivity index (χ2n) is 4.84. The average molecular weight is 265 g/mol. The molecule has 0 aliphatic heterocycles. The summed E-state index contributed by atoms with van der Waals surface area (Å²) in [7, 11) is 0. The summed E-state index contributed by atoms with van der Waals surface area (Å²) in [6.45, 7) is 6.04. The summed E-state index contributed by atoms with van der Waals surface area (Å²) in [6.07, 6.45) is 0. The van der Waals surface area contributed by atoms with Gasteiger partial charge in [-0.3, -0.25) is 0 Å². The first kappa shape index (κ1) is 14.4. The third kappa shape index (κ3) is 5.60. The lowest BCUT2D eigenvalue weighted by Gasteiger charge is -2.20. The van der Waals surface area contributed by atoms with Crippen molar-refractivity contribution in [3.63, 3.8) is 0 Å². The highest BCUT2D eigenvalue weighted by molar-refractivity contribution is 6.31. The van der Waals surface area contributed by atoms with E-state index < -0.39 is 0 Å². The molecule has 2 amide bonds. The zero-order chi connectivity index (χ0) is 13.6. The summed E-state index contributed by atoms with van der Waals surface area (Å²) >= 11 is 5.95. The zero-order valence-corrected chi connectivity index (χ0v) is 11.6. The maximum atomic E-state index is 11.4. The second kappa shape index (κ2) is 6.32. The Hall–Kier alpha value is -1.66. The number of urea groups is 1. The summed E-state index contributed by atoms with van der Waals surface area (Å²) in [4.78, 5) is 11.4. The molecular formula is C14H17ClN2O. The second-order valence-corrected chi connectivity index (χ2v) is 5.25. The molecule has 1 aromatic rings. The van der Waals surface area contributed by atoms with Gasteiger partial charge >= 0.3 is 6.03 Å². The first-order valence-electron chi connectivity index (χ1n) is 5.68. The van der Waals surface area contributed by atoms with Crippen molar-refractivity contribution in [2.24, 2.45) is 0 Å². The van der Waals surface area contributed by atoms with E-state index in [0.29, 0.717) is 5.02 Å². The van der Waals surface area contributed by atoms with Crippen LogP contribution >= 0.6 is 11.6 Å². The fraction of sp³-hybridized carbons (Fsp3) is 0.357. The van der Waals surface area contributed by atoms with Crippen LogP contribution in [0.25, 0.3) is 0 Å². The SMILES string of the molecule is CC(C)(C)NC(=O)NCC#Cc1ccccc1Cl. The van der Waals surface area contributed by atoms with Crippen LogP contribution in [0.15, 0.2) is 24.3 Å². The summed E-state index contributed by atoms with van der Waals surface area (Å²) in [6, 6.07) is 7.12. The Labute approximate surface area is 113 Å². The number of hydrogen-bond acceptors (Lipinski definition) is 1. The van der Waals surface area contributed by atoms with Crippen LogP contribution in [-0.4, -0.2) is 18.1 Å². The number of benzene rings is 1. The van der Waals surface area contributed by atoms with Gasteiger partial charge in [-0.15, -0.1) is 0 Å². The van der Waals surface area contributed by atoms with Gasteiger partial charge in [-0.05, 0) is 32.9 Å². The average Bonchev–Trinajstić information content (AvgIpc) is 2.24. The van der Waals surface area contributed by atoms with E-state index >= 15 is 0 Å². The molecule has 96 valence electrons. The van der Waals surface area contributed by atoms with Crippen molar-refractivity contribution in [3.8, 4) is 11.8 Å². The number of carbonyl (C=O) groups excluding carboxylic acids is 1. The van der Waals surface area contributed by atoms with Crippen LogP contribution in [0.3, 0.4) is 0 Å². The minimum atomic E-state index is -0.250. The Bertz CT molecular complexity index is 481. The van der Waals surface area contributed by atoms with E-state index in [1.165, 1.54) is 0 Å². The van der Waals surface area contributed by atoms with Crippen LogP contribution in [0, 0.1) is 11.8 Å². The molecular weight excluding hydrogens is 248 g/mol. The Morgan fingerprint density at radius 1 is 1.33 bits per heavy atom. The predicted molar refractivity (Wildman–Crippen MR) is 74.6 cm³/mol. The lowest BCUT2D eigenvalue weighted by atomic mass is 10.1. The predicted octanol–water partition coefficient (Wildman–Crippen LogP) is 2.79. The van der Waals surface area contributed by atoms with Crippen molar-refractivity contribution in [2.45, 2.75) is 26.3 Å². The highest BCUT2D eigenvalue weighted by atomic mass is 35.5. The van der Waals surface area contributed by atoms with Gasteiger partial charge in [0.2, 0.25) is 0 Å². The van der Waals surface area contributed by atoms with Crippen LogP contribution in [0.4, 0.5) is 4.79 Å².